The fourth-order valence-electron chi connectivity index (χ4n) is 3.19. The summed E-state index contributed by atoms with van der Waals surface area (Å²) in [5, 5.41) is 9.23. The van der Waals surface area contributed by atoms with Crippen LogP contribution in [0.3, 0.4) is 0 Å². The zero-order chi connectivity index (χ0) is 20.0. The van der Waals surface area contributed by atoms with Gasteiger partial charge in [0.1, 0.15) is 5.82 Å². The highest BCUT2D eigenvalue weighted by atomic mass is 127. The number of anilines is 1. The van der Waals surface area contributed by atoms with Crippen LogP contribution in [-0.2, 0) is 9.53 Å². The van der Waals surface area contributed by atoms with E-state index in [9.17, 15) is 4.79 Å². The van der Waals surface area contributed by atoms with Crippen LogP contribution in [0.25, 0.3) is 0 Å². The average molecular weight is 517 g/mol. The Morgan fingerprint density at radius 1 is 1.24 bits per heavy atom. The molecular weight excluding hydrogens is 481 g/mol. The van der Waals surface area contributed by atoms with Crippen molar-refractivity contribution in [2.24, 2.45) is 4.99 Å². The van der Waals surface area contributed by atoms with E-state index < -0.39 is 0 Å². The minimum absolute atomic E-state index is 0. The number of hydrogen-bond acceptors (Lipinski definition) is 4. The summed E-state index contributed by atoms with van der Waals surface area (Å²) in [6, 6.07) is 5.57. The van der Waals surface area contributed by atoms with Gasteiger partial charge in [-0.25, -0.2) is 4.98 Å². The smallest absolute Gasteiger partial charge is 0.227 e. The number of halogens is 1. The molecule has 1 heterocycles. The molecule has 3 N–H and O–H groups in total. The second kappa shape index (κ2) is 15.4. The summed E-state index contributed by atoms with van der Waals surface area (Å²) in [6.45, 7) is 6.70. The average Bonchev–Trinajstić information content (AvgIpc) is 2.68. The lowest BCUT2D eigenvalue weighted by molar-refractivity contribution is -0.116. The van der Waals surface area contributed by atoms with Crippen LogP contribution in [-0.4, -0.2) is 49.2 Å². The van der Waals surface area contributed by atoms with E-state index >= 15 is 0 Å². The van der Waals surface area contributed by atoms with Crippen LogP contribution in [0.4, 0.5) is 5.82 Å². The van der Waals surface area contributed by atoms with Gasteiger partial charge in [0.05, 0.1) is 6.10 Å². The molecule has 1 aliphatic rings. The van der Waals surface area contributed by atoms with Crippen molar-refractivity contribution in [2.75, 3.05) is 31.6 Å². The van der Waals surface area contributed by atoms with E-state index in [1.165, 1.54) is 32.1 Å². The van der Waals surface area contributed by atoms with Gasteiger partial charge in [-0.3, -0.25) is 9.79 Å². The molecule has 8 heteroatoms. The van der Waals surface area contributed by atoms with Gasteiger partial charge in [0.2, 0.25) is 5.91 Å². The fraction of sp³-hybridized carbons (Fsp3) is 0.667. The van der Waals surface area contributed by atoms with Gasteiger partial charge in [0, 0.05) is 38.4 Å². The number of carbonyl (C=O) groups excluding carboxylic acids is 1. The maximum absolute atomic E-state index is 12.0. The number of nitrogens with zero attached hydrogens (tertiary/aromatic N) is 2. The molecule has 0 bridgehead atoms. The monoisotopic (exact) mass is 517 g/mol. The highest BCUT2D eigenvalue weighted by Crippen LogP contribution is 2.20. The quantitative estimate of drug-likeness (QED) is 0.191. The number of pyridine rings is 1. The topological polar surface area (TPSA) is 87.6 Å². The first-order chi connectivity index (χ1) is 13.7. The Labute approximate surface area is 191 Å². The highest BCUT2D eigenvalue weighted by molar-refractivity contribution is 14.0. The fourth-order valence-corrected chi connectivity index (χ4v) is 3.19. The Morgan fingerprint density at radius 2 is 2.03 bits per heavy atom. The molecule has 0 saturated heterocycles. The second-order valence-electron chi connectivity index (χ2n) is 7.13. The lowest BCUT2D eigenvalue weighted by Crippen LogP contribution is -2.38. The van der Waals surface area contributed by atoms with Crippen LogP contribution in [0.5, 0.6) is 0 Å². The van der Waals surface area contributed by atoms with E-state index in [4.69, 9.17) is 4.74 Å². The number of hydrogen-bond donors (Lipinski definition) is 3. The van der Waals surface area contributed by atoms with Crippen molar-refractivity contribution in [3.05, 3.63) is 23.9 Å². The highest BCUT2D eigenvalue weighted by Gasteiger charge is 2.12. The van der Waals surface area contributed by atoms with E-state index in [2.05, 4.69) is 25.9 Å². The Kier molecular flexibility index (Phi) is 13.6. The van der Waals surface area contributed by atoms with E-state index in [0.717, 1.165) is 31.2 Å². The molecule has 1 saturated carbocycles. The molecule has 1 aromatic heterocycles. The summed E-state index contributed by atoms with van der Waals surface area (Å²) in [4.78, 5) is 20.9. The largest absolute Gasteiger partial charge is 0.378 e. The van der Waals surface area contributed by atoms with E-state index in [1.807, 2.05) is 26.0 Å². The number of aromatic nitrogens is 1. The SMILES string of the molecule is CCNC(=NCCCOC1CCCCC1)NCCC(=O)Nc1cccc(C)n1.I. The van der Waals surface area contributed by atoms with Crippen molar-refractivity contribution in [3.8, 4) is 0 Å². The zero-order valence-corrected chi connectivity index (χ0v) is 20.0. The van der Waals surface area contributed by atoms with Gasteiger partial charge in [-0.2, -0.15) is 0 Å². The van der Waals surface area contributed by atoms with Gasteiger partial charge in [-0.15, -0.1) is 24.0 Å². The van der Waals surface area contributed by atoms with Crippen molar-refractivity contribution in [3.63, 3.8) is 0 Å². The molecule has 0 atom stereocenters. The first-order valence-corrected chi connectivity index (χ1v) is 10.5. The zero-order valence-electron chi connectivity index (χ0n) is 17.7. The molecule has 0 aliphatic heterocycles. The number of ether oxygens (including phenoxy) is 1. The molecule has 1 aliphatic carbocycles. The number of amides is 1. The maximum atomic E-state index is 12.0. The summed E-state index contributed by atoms with van der Waals surface area (Å²) >= 11 is 0. The Balaban J connectivity index is 0.00000420. The predicted octanol–water partition coefficient (Wildman–Crippen LogP) is 3.63. The summed E-state index contributed by atoms with van der Waals surface area (Å²) in [5.41, 5.74) is 0.880. The van der Waals surface area contributed by atoms with Gasteiger partial charge < -0.3 is 20.7 Å². The molecule has 2 rings (SSSR count). The van der Waals surface area contributed by atoms with Crippen LogP contribution in [0.1, 0.15) is 57.6 Å². The minimum Gasteiger partial charge on any atom is -0.378 e. The predicted molar refractivity (Wildman–Crippen MR) is 129 cm³/mol. The van der Waals surface area contributed by atoms with Crippen LogP contribution < -0.4 is 16.0 Å². The van der Waals surface area contributed by atoms with Crippen LogP contribution in [0.15, 0.2) is 23.2 Å². The van der Waals surface area contributed by atoms with E-state index in [-0.39, 0.29) is 29.9 Å². The number of guanidine groups is 1. The van der Waals surface area contributed by atoms with Gasteiger partial charge in [-0.1, -0.05) is 25.3 Å². The van der Waals surface area contributed by atoms with Gasteiger partial charge >= 0.3 is 0 Å². The van der Waals surface area contributed by atoms with Gasteiger partial charge in [-0.05, 0) is 45.2 Å². The number of aryl methyl sites for hydroxylation is 1. The van der Waals surface area contributed by atoms with Crippen LogP contribution in [0, 0.1) is 6.92 Å². The third kappa shape index (κ3) is 11.4. The summed E-state index contributed by atoms with van der Waals surface area (Å²) in [5.74, 6) is 1.26. The third-order valence-electron chi connectivity index (χ3n) is 4.62. The molecule has 1 aromatic rings. The first-order valence-electron chi connectivity index (χ1n) is 10.5. The van der Waals surface area contributed by atoms with E-state index in [0.29, 0.717) is 31.4 Å². The van der Waals surface area contributed by atoms with Gasteiger partial charge in [0.25, 0.3) is 0 Å². The number of nitrogens with one attached hydrogen (secondary N) is 3. The lowest BCUT2D eigenvalue weighted by atomic mass is 9.98. The molecule has 1 fully saturated rings. The van der Waals surface area contributed by atoms with Crippen molar-refractivity contribution in [1.82, 2.24) is 15.6 Å². The van der Waals surface area contributed by atoms with Crippen LogP contribution in [0.2, 0.25) is 0 Å². The first kappa shape index (κ1) is 25.6. The number of carbonyl (C=O) groups is 1. The van der Waals surface area contributed by atoms with E-state index in [1.54, 1.807) is 6.07 Å². The molecule has 164 valence electrons. The lowest BCUT2D eigenvalue weighted by Gasteiger charge is -2.21. The molecule has 0 unspecified atom stereocenters. The van der Waals surface area contributed by atoms with Gasteiger partial charge in [0.15, 0.2) is 5.96 Å². The van der Waals surface area contributed by atoms with Crippen LogP contribution >= 0.6 is 24.0 Å². The Morgan fingerprint density at radius 3 is 2.76 bits per heavy atom. The molecule has 0 radical (unpaired) electrons. The second-order valence-corrected chi connectivity index (χ2v) is 7.13. The normalized spacial score (nSPS) is 14.8. The standard InChI is InChI=1S/C21H35N5O2.HI/c1-3-22-21(23-14-8-16-28-18-10-5-4-6-11-18)24-15-13-20(27)26-19-12-7-9-17(2)25-19;/h7,9,12,18H,3-6,8,10-11,13-16H2,1-2H3,(H2,22,23,24)(H,25,26,27);1H. The molecule has 29 heavy (non-hydrogen) atoms. The van der Waals surface area contributed by atoms with Crippen molar-refractivity contribution in [2.45, 2.75) is 64.9 Å². The summed E-state index contributed by atoms with van der Waals surface area (Å²) < 4.78 is 5.93. The Bertz CT molecular complexity index is 621. The maximum Gasteiger partial charge on any atom is 0.227 e. The van der Waals surface area contributed by atoms with Crippen molar-refractivity contribution in [1.29, 1.82) is 0 Å². The number of aliphatic imine (C=N–C) groups is 1. The van der Waals surface area contributed by atoms with Crippen molar-refractivity contribution >= 4 is 41.7 Å². The molecule has 0 aromatic carbocycles. The third-order valence-corrected chi connectivity index (χ3v) is 4.62. The Hall–Kier alpha value is -1.42. The summed E-state index contributed by atoms with van der Waals surface area (Å²) in [6.07, 6.45) is 8.06. The molecule has 1 amide bonds. The molecular formula is C21H36IN5O2. The number of rotatable bonds is 10. The molecule has 0 spiro atoms. The van der Waals surface area contributed by atoms with Crippen molar-refractivity contribution < 1.29 is 9.53 Å². The molecule has 7 nitrogen and oxygen atoms in total. The summed E-state index contributed by atoms with van der Waals surface area (Å²) in [7, 11) is 0. The minimum atomic E-state index is -0.0673.